The molecule has 1 heterocycles. The van der Waals surface area contributed by atoms with E-state index in [0.29, 0.717) is 19.3 Å². The average molecular weight is 1180 g/mol. The molecule has 0 bridgehead atoms. The van der Waals surface area contributed by atoms with Gasteiger partial charge in [0.1, 0.15) is 36.6 Å². The van der Waals surface area contributed by atoms with Crippen molar-refractivity contribution in [2.24, 2.45) is 0 Å². The Hall–Kier alpha value is -1.41. The molecule has 1 saturated heterocycles. The number of aliphatic hydroxyl groups excluding tert-OH is 7. The fourth-order valence-corrected chi connectivity index (χ4v) is 11.9. The van der Waals surface area contributed by atoms with Gasteiger partial charge in [-0.2, -0.15) is 0 Å². The van der Waals surface area contributed by atoms with Crippen LogP contribution in [0.15, 0.2) is 24.3 Å². The highest BCUT2D eigenvalue weighted by Gasteiger charge is 2.44. The molecule has 0 aromatic rings. The third-order valence-corrected chi connectivity index (χ3v) is 17.8. The Kier molecular flexibility index (Phi) is 58.4. The van der Waals surface area contributed by atoms with Gasteiger partial charge >= 0.3 is 0 Å². The van der Waals surface area contributed by atoms with Gasteiger partial charge in [0.15, 0.2) is 6.29 Å². The van der Waals surface area contributed by atoms with E-state index in [0.717, 1.165) is 44.9 Å². The molecule has 1 fully saturated rings. The fraction of sp³-hybridized carbons (Fsp3) is 0.931. The highest BCUT2D eigenvalue weighted by Crippen LogP contribution is 2.24. The molecule has 1 aliphatic heterocycles. The molecule has 8 N–H and O–H groups in total. The van der Waals surface area contributed by atoms with Gasteiger partial charge in [-0.15, -0.1) is 0 Å². The van der Waals surface area contributed by atoms with Gasteiger partial charge in [0.05, 0.1) is 25.4 Å². The second-order valence-corrected chi connectivity index (χ2v) is 25.7. The quantitative estimate of drug-likeness (QED) is 0.0215. The lowest BCUT2D eigenvalue weighted by Crippen LogP contribution is -2.60. The van der Waals surface area contributed by atoms with Gasteiger partial charge in [-0.25, -0.2) is 0 Å². The van der Waals surface area contributed by atoms with E-state index in [4.69, 9.17) is 9.47 Å². The molecular weight excluding hydrogens is 1040 g/mol. The number of aliphatic hydroxyl groups is 7. The Bertz CT molecular complexity index is 1400. The van der Waals surface area contributed by atoms with Crippen LogP contribution in [0.4, 0.5) is 0 Å². The summed E-state index contributed by atoms with van der Waals surface area (Å²) in [4.78, 5) is 13.3. The van der Waals surface area contributed by atoms with Crippen LogP contribution in [-0.2, 0) is 14.3 Å². The zero-order valence-corrected chi connectivity index (χ0v) is 54.5. The number of carbonyl (C=O) groups is 1. The summed E-state index contributed by atoms with van der Waals surface area (Å²) in [5, 5.41) is 76.6. The van der Waals surface area contributed by atoms with E-state index < -0.39 is 74.2 Å². The van der Waals surface area contributed by atoms with Crippen molar-refractivity contribution >= 4 is 5.91 Å². The van der Waals surface area contributed by atoms with E-state index >= 15 is 0 Å². The largest absolute Gasteiger partial charge is 0.394 e. The van der Waals surface area contributed by atoms with Gasteiger partial charge in [-0.1, -0.05) is 340 Å². The third kappa shape index (κ3) is 48.2. The molecule has 492 valence electrons. The molecule has 0 saturated carbocycles. The first kappa shape index (κ1) is 79.6. The maximum atomic E-state index is 13.3. The summed E-state index contributed by atoms with van der Waals surface area (Å²) < 4.78 is 11.2. The van der Waals surface area contributed by atoms with Crippen LogP contribution < -0.4 is 5.32 Å². The highest BCUT2D eigenvalue weighted by atomic mass is 16.7. The van der Waals surface area contributed by atoms with E-state index in [2.05, 4.69) is 43.5 Å². The van der Waals surface area contributed by atoms with Crippen molar-refractivity contribution in [1.82, 2.24) is 5.32 Å². The lowest BCUT2D eigenvalue weighted by atomic mass is 9.98. The Labute approximate surface area is 512 Å². The molecule has 0 spiro atoms. The third-order valence-electron chi connectivity index (χ3n) is 17.8. The van der Waals surface area contributed by atoms with Gasteiger partial charge in [0.2, 0.25) is 5.91 Å². The summed E-state index contributed by atoms with van der Waals surface area (Å²) in [5.74, 6) is -0.692. The second kappa shape index (κ2) is 60.9. The second-order valence-electron chi connectivity index (χ2n) is 25.7. The van der Waals surface area contributed by atoms with Crippen LogP contribution in [0.5, 0.6) is 0 Å². The van der Waals surface area contributed by atoms with E-state index in [1.54, 1.807) is 0 Å². The van der Waals surface area contributed by atoms with E-state index in [-0.39, 0.29) is 6.42 Å². The zero-order chi connectivity index (χ0) is 60.3. The van der Waals surface area contributed by atoms with Crippen LogP contribution in [0.2, 0.25) is 0 Å². The topological polar surface area (TPSA) is 189 Å². The number of ether oxygens (including phenoxy) is 2. The molecule has 0 aromatic carbocycles. The van der Waals surface area contributed by atoms with E-state index in [1.165, 1.54) is 276 Å². The summed E-state index contributed by atoms with van der Waals surface area (Å²) in [6.45, 7) is 3.52. The predicted octanol–water partition coefficient (Wildman–Crippen LogP) is 17.6. The molecule has 11 heteroatoms. The van der Waals surface area contributed by atoms with Gasteiger partial charge in [-0.05, 0) is 44.9 Å². The molecule has 11 nitrogen and oxygen atoms in total. The lowest BCUT2D eigenvalue weighted by Gasteiger charge is -2.40. The number of carbonyl (C=O) groups excluding carboxylic acids is 1. The summed E-state index contributed by atoms with van der Waals surface area (Å²) in [6, 6.07) is -1.17. The fourth-order valence-electron chi connectivity index (χ4n) is 11.9. The Balaban J connectivity index is 2.19. The van der Waals surface area contributed by atoms with Gasteiger partial charge in [0.25, 0.3) is 0 Å². The minimum atomic E-state index is -1.66. The molecule has 0 aliphatic carbocycles. The molecule has 1 rings (SSSR count). The van der Waals surface area contributed by atoms with Crippen molar-refractivity contribution < 1.29 is 50.0 Å². The number of amides is 1. The molecule has 83 heavy (non-hydrogen) atoms. The van der Waals surface area contributed by atoms with Crippen molar-refractivity contribution in [2.45, 2.75) is 416 Å². The van der Waals surface area contributed by atoms with Crippen molar-refractivity contribution in [3.8, 4) is 0 Å². The highest BCUT2D eigenvalue weighted by molar-refractivity contribution is 5.80. The van der Waals surface area contributed by atoms with Gasteiger partial charge in [-0.3, -0.25) is 4.79 Å². The summed E-state index contributed by atoms with van der Waals surface area (Å²) in [6.07, 6.45) is 65.4. The minimum Gasteiger partial charge on any atom is -0.394 e. The maximum absolute atomic E-state index is 13.3. The van der Waals surface area contributed by atoms with Crippen LogP contribution in [0.3, 0.4) is 0 Å². The first-order chi connectivity index (χ1) is 40.7. The van der Waals surface area contributed by atoms with Crippen LogP contribution in [0, 0.1) is 0 Å². The van der Waals surface area contributed by atoms with E-state index in [1.807, 2.05) is 0 Å². The van der Waals surface area contributed by atoms with Gasteiger partial charge in [0, 0.05) is 0 Å². The number of nitrogens with one attached hydrogen (secondary N) is 1. The maximum Gasteiger partial charge on any atom is 0.249 e. The Morgan fingerprint density at radius 1 is 0.422 bits per heavy atom. The van der Waals surface area contributed by atoms with Crippen LogP contribution in [0.25, 0.3) is 0 Å². The standard InChI is InChI=1S/C72H139NO10/c1-3-5-7-9-11-13-15-17-19-21-23-25-27-29-31-33-35-37-39-41-43-45-47-49-51-53-55-57-59-64(75)67(77)63(62-82-72-70(80)69(79)68(78)66(61-74)83-72)73-71(81)65(76)60-58-56-54-52-50-48-46-44-42-40-38-36-34-32-30-28-26-24-22-20-18-16-14-12-10-8-6-4-2/h24,26,30,32,63-70,72,74-80H,3-23,25,27-29,31,33-62H2,1-2H3,(H,73,81)/b26-24-,32-30-. The number of unbranched alkanes of at least 4 members (excludes halogenated alkanes) is 48. The van der Waals surface area contributed by atoms with Crippen molar-refractivity contribution in [3.63, 3.8) is 0 Å². The Morgan fingerprint density at radius 2 is 0.735 bits per heavy atom. The number of rotatable bonds is 64. The van der Waals surface area contributed by atoms with Gasteiger partial charge < -0.3 is 50.5 Å². The zero-order valence-electron chi connectivity index (χ0n) is 54.5. The number of hydrogen-bond acceptors (Lipinski definition) is 10. The van der Waals surface area contributed by atoms with E-state index in [9.17, 15) is 40.5 Å². The molecule has 0 aromatic heterocycles. The molecule has 9 unspecified atom stereocenters. The summed E-state index contributed by atoms with van der Waals surface area (Å²) in [7, 11) is 0. The Morgan fingerprint density at radius 3 is 1.07 bits per heavy atom. The first-order valence-corrected chi connectivity index (χ1v) is 36.2. The monoisotopic (exact) mass is 1180 g/mol. The predicted molar refractivity (Wildman–Crippen MR) is 349 cm³/mol. The summed E-state index contributed by atoms with van der Waals surface area (Å²) in [5.41, 5.74) is 0. The molecule has 0 radical (unpaired) electrons. The van der Waals surface area contributed by atoms with Crippen LogP contribution in [-0.4, -0.2) is 110 Å². The lowest BCUT2D eigenvalue weighted by molar-refractivity contribution is -0.303. The molecular formula is C72H139NO10. The van der Waals surface area contributed by atoms with Crippen molar-refractivity contribution in [1.29, 1.82) is 0 Å². The van der Waals surface area contributed by atoms with Crippen LogP contribution >= 0.6 is 0 Å². The number of allylic oxidation sites excluding steroid dienone is 4. The molecule has 9 atom stereocenters. The van der Waals surface area contributed by atoms with Crippen molar-refractivity contribution in [3.05, 3.63) is 24.3 Å². The minimum absolute atomic E-state index is 0.261. The average Bonchev–Trinajstić information content (AvgIpc) is 3.68. The van der Waals surface area contributed by atoms with Crippen molar-refractivity contribution in [2.75, 3.05) is 13.2 Å². The molecule has 1 aliphatic rings. The normalized spacial score (nSPS) is 19.1. The summed E-state index contributed by atoms with van der Waals surface area (Å²) >= 11 is 0. The molecule has 1 amide bonds. The number of hydrogen-bond donors (Lipinski definition) is 8. The first-order valence-electron chi connectivity index (χ1n) is 36.2. The smallest absolute Gasteiger partial charge is 0.249 e. The SMILES string of the molecule is CCCCCCCCCCC/C=C\C/C=C\CCCCCCCCCCCCCCC(O)C(=O)NC(COC1OC(CO)C(O)C(O)C1O)C(O)C(O)CCCCCCCCCCCCCCCCCCCCCCCCCCCCCC. The van der Waals surface area contributed by atoms with Crippen LogP contribution in [0.1, 0.15) is 361 Å².